The molecule has 0 radical (unpaired) electrons. The van der Waals surface area contributed by atoms with Crippen LogP contribution < -0.4 is 0 Å². The van der Waals surface area contributed by atoms with Gasteiger partial charge in [0.2, 0.25) is 0 Å². The van der Waals surface area contributed by atoms with E-state index >= 15 is 0 Å². The third-order valence-electron chi connectivity index (χ3n) is 4.29. The number of carbonyl (C=O) groups excluding carboxylic acids is 1. The Morgan fingerprint density at radius 2 is 1.91 bits per heavy atom. The molecule has 2 aromatic rings. The van der Waals surface area contributed by atoms with Crippen LogP contribution in [0, 0.1) is 19.7 Å². The van der Waals surface area contributed by atoms with Crippen molar-refractivity contribution in [2.24, 2.45) is 0 Å². The number of aromatic nitrogens is 1. The summed E-state index contributed by atoms with van der Waals surface area (Å²) >= 11 is 1.69. The smallest absolute Gasteiger partial charge is 0.254 e. The Balaban J connectivity index is 1.73. The minimum Gasteiger partial charge on any atom is -0.339 e. The fraction of sp³-hybridized carbons (Fsp3) is 0.412. The molecule has 1 aliphatic heterocycles. The number of benzene rings is 1. The van der Waals surface area contributed by atoms with Crippen LogP contribution in [-0.4, -0.2) is 28.9 Å². The molecule has 0 N–H and O–H groups in total. The van der Waals surface area contributed by atoms with E-state index in [0.29, 0.717) is 22.6 Å². The topological polar surface area (TPSA) is 33.2 Å². The number of likely N-dealkylation sites (tertiary alicyclic amines) is 1. The van der Waals surface area contributed by atoms with Gasteiger partial charge in [0.05, 0.1) is 5.01 Å². The van der Waals surface area contributed by atoms with E-state index in [-0.39, 0.29) is 11.7 Å². The Kier molecular flexibility index (Phi) is 4.25. The van der Waals surface area contributed by atoms with Gasteiger partial charge < -0.3 is 4.90 Å². The van der Waals surface area contributed by atoms with Crippen molar-refractivity contribution in [2.75, 3.05) is 13.1 Å². The predicted molar refractivity (Wildman–Crippen MR) is 85.9 cm³/mol. The lowest BCUT2D eigenvalue weighted by Gasteiger charge is -2.32. The summed E-state index contributed by atoms with van der Waals surface area (Å²) in [6.07, 6.45) is 3.72. The van der Waals surface area contributed by atoms with E-state index in [1.54, 1.807) is 25.2 Å². The van der Waals surface area contributed by atoms with Crippen molar-refractivity contribution in [1.82, 2.24) is 9.88 Å². The summed E-state index contributed by atoms with van der Waals surface area (Å²) in [4.78, 5) is 19.0. The van der Waals surface area contributed by atoms with Crippen LogP contribution >= 0.6 is 11.3 Å². The van der Waals surface area contributed by atoms with Gasteiger partial charge in [0.25, 0.3) is 5.91 Å². The molecule has 0 unspecified atom stereocenters. The summed E-state index contributed by atoms with van der Waals surface area (Å²) in [5, 5.41) is 3.17. The molecule has 1 saturated heterocycles. The van der Waals surface area contributed by atoms with Gasteiger partial charge in [0.15, 0.2) is 0 Å². The number of aryl methyl sites for hydroxylation is 2. The highest BCUT2D eigenvalue weighted by Gasteiger charge is 2.27. The van der Waals surface area contributed by atoms with Crippen LogP contribution in [0.15, 0.2) is 23.7 Å². The molecule has 0 aliphatic carbocycles. The first kappa shape index (κ1) is 15.2. The number of thiazole rings is 1. The van der Waals surface area contributed by atoms with E-state index in [2.05, 4.69) is 4.98 Å². The van der Waals surface area contributed by atoms with Crippen LogP contribution in [0.25, 0.3) is 0 Å². The van der Waals surface area contributed by atoms with Crippen molar-refractivity contribution < 1.29 is 9.18 Å². The Bertz CT molecular complexity index is 653. The lowest BCUT2D eigenvalue weighted by atomic mass is 9.95. The van der Waals surface area contributed by atoms with Crippen LogP contribution in [0.3, 0.4) is 0 Å². The van der Waals surface area contributed by atoms with E-state index in [4.69, 9.17) is 0 Å². The Morgan fingerprint density at radius 3 is 2.45 bits per heavy atom. The molecule has 5 heteroatoms. The summed E-state index contributed by atoms with van der Waals surface area (Å²) in [5.74, 6) is 0.195. The molecule has 116 valence electrons. The van der Waals surface area contributed by atoms with Crippen molar-refractivity contribution in [2.45, 2.75) is 32.6 Å². The molecule has 1 aliphatic rings. The Labute approximate surface area is 133 Å². The molecule has 1 aromatic carbocycles. The van der Waals surface area contributed by atoms with Gasteiger partial charge in [0, 0.05) is 36.1 Å². The second-order valence-corrected chi connectivity index (χ2v) is 6.78. The van der Waals surface area contributed by atoms with E-state index < -0.39 is 0 Å². The molecule has 1 aromatic heterocycles. The molecule has 1 amide bonds. The molecule has 0 spiro atoms. The third kappa shape index (κ3) is 2.90. The third-order valence-corrected chi connectivity index (χ3v) is 5.23. The van der Waals surface area contributed by atoms with Crippen LogP contribution in [0.1, 0.15) is 45.3 Å². The highest BCUT2D eigenvalue weighted by atomic mass is 32.1. The number of piperidine rings is 1. The predicted octanol–water partition coefficient (Wildman–Crippen LogP) is 3.92. The summed E-state index contributed by atoms with van der Waals surface area (Å²) in [6.45, 7) is 5.07. The molecule has 3 nitrogen and oxygen atoms in total. The highest BCUT2D eigenvalue weighted by molar-refractivity contribution is 7.09. The zero-order valence-electron chi connectivity index (χ0n) is 12.8. The summed E-state index contributed by atoms with van der Waals surface area (Å²) in [5.41, 5.74) is 2.07. The van der Waals surface area contributed by atoms with Crippen molar-refractivity contribution in [3.8, 4) is 0 Å². The van der Waals surface area contributed by atoms with Crippen LogP contribution in [0.4, 0.5) is 4.39 Å². The first-order valence-corrected chi connectivity index (χ1v) is 8.39. The van der Waals surface area contributed by atoms with E-state index in [0.717, 1.165) is 25.9 Å². The average Bonchev–Trinajstić information content (AvgIpc) is 3.00. The van der Waals surface area contributed by atoms with E-state index in [1.165, 1.54) is 17.1 Å². The second kappa shape index (κ2) is 6.16. The first-order valence-electron chi connectivity index (χ1n) is 7.51. The molecular formula is C17H19FN2OS. The van der Waals surface area contributed by atoms with Gasteiger partial charge in [0.1, 0.15) is 5.82 Å². The monoisotopic (exact) mass is 318 g/mol. The fourth-order valence-corrected chi connectivity index (χ4v) is 3.98. The number of rotatable bonds is 2. The number of halogens is 1. The van der Waals surface area contributed by atoms with Crippen LogP contribution in [0.2, 0.25) is 0 Å². The lowest BCUT2D eigenvalue weighted by molar-refractivity contribution is 0.0711. The Morgan fingerprint density at radius 1 is 1.27 bits per heavy atom. The fourth-order valence-electron chi connectivity index (χ4n) is 3.17. The molecule has 22 heavy (non-hydrogen) atoms. The maximum Gasteiger partial charge on any atom is 0.254 e. The van der Waals surface area contributed by atoms with Gasteiger partial charge in [-0.1, -0.05) is 0 Å². The summed E-state index contributed by atoms with van der Waals surface area (Å²) in [7, 11) is 0. The molecule has 1 fully saturated rings. The number of hydrogen-bond donors (Lipinski definition) is 0. The normalized spacial score (nSPS) is 16.0. The van der Waals surface area contributed by atoms with Gasteiger partial charge in [-0.15, -0.1) is 11.3 Å². The number of carbonyl (C=O) groups is 1. The average molecular weight is 318 g/mol. The number of hydrogen-bond acceptors (Lipinski definition) is 3. The van der Waals surface area contributed by atoms with Crippen molar-refractivity contribution in [1.29, 1.82) is 0 Å². The van der Waals surface area contributed by atoms with Gasteiger partial charge in [-0.3, -0.25) is 4.79 Å². The summed E-state index contributed by atoms with van der Waals surface area (Å²) < 4.78 is 13.4. The quantitative estimate of drug-likeness (QED) is 0.841. The first-order chi connectivity index (χ1) is 10.6. The molecule has 3 rings (SSSR count). The maximum absolute atomic E-state index is 13.4. The Hall–Kier alpha value is -1.75. The number of nitrogens with zero attached hydrogens (tertiary/aromatic N) is 2. The van der Waals surface area contributed by atoms with Crippen molar-refractivity contribution in [3.05, 3.63) is 51.2 Å². The largest absolute Gasteiger partial charge is 0.339 e. The van der Waals surface area contributed by atoms with E-state index in [9.17, 15) is 9.18 Å². The standard InChI is InChI=1S/C17H19FN2OS/c1-11-9-14(18)10-12(2)15(11)17(21)20-6-3-13(4-7-20)16-19-5-8-22-16/h5,8-10,13H,3-4,6-7H2,1-2H3. The highest BCUT2D eigenvalue weighted by Crippen LogP contribution is 2.30. The zero-order valence-corrected chi connectivity index (χ0v) is 13.6. The molecular weight excluding hydrogens is 299 g/mol. The number of amides is 1. The minimum atomic E-state index is -0.283. The van der Waals surface area contributed by atoms with Crippen LogP contribution in [0.5, 0.6) is 0 Å². The van der Waals surface area contributed by atoms with Crippen molar-refractivity contribution in [3.63, 3.8) is 0 Å². The SMILES string of the molecule is Cc1cc(F)cc(C)c1C(=O)N1CCC(c2nccs2)CC1. The van der Waals surface area contributed by atoms with Crippen molar-refractivity contribution >= 4 is 17.2 Å². The van der Waals surface area contributed by atoms with Gasteiger partial charge in [-0.25, -0.2) is 9.37 Å². The minimum absolute atomic E-state index is 0.0209. The van der Waals surface area contributed by atoms with Gasteiger partial charge in [-0.2, -0.15) is 0 Å². The molecule has 0 atom stereocenters. The zero-order chi connectivity index (χ0) is 15.7. The molecule has 0 bridgehead atoms. The van der Waals surface area contributed by atoms with Gasteiger partial charge in [-0.05, 0) is 49.9 Å². The maximum atomic E-state index is 13.4. The van der Waals surface area contributed by atoms with E-state index in [1.807, 2.05) is 16.5 Å². The lowest BCUT2D eigenvalue weighted by Crippen LogP contribution is -2.38. The molecule has 0 saturated carbocycles. The second-order valence-electron chi connectivity index (χ2n) is 5.85. The van der Waals surface area contributed by atoms with Gasteiger partial charge >= 0.3 is 0 Å². The molecule has 2 heterocycles. The summed E-state index contributed by atoms with van der Waals surface area (Å²) in [6, 6.07) is 2.87. The van der Waals surface area contributed by atoms with Crippen LogP contribution in [-0.2, 0) is 0 Å².